The number of carbonyl (C=O) groups is 1. The molecule has 1 N–H and O–H groups in total. The molecule has 1 aliphatic heterocycles. The highest BCUT2D eigenvalue weighted by Gasteiger charge is 2.32. The summed E-state index contributed by atoms with van der Waals surface area (Å²) in [7, 11) is 0. The van der Waals surface area contributed by atoms with Crippen LogP contribution in [-0.2, 0) is 4.79 Å². The van der Waals surface area contributed by atoms with Crippen molar-refractivity contribution in [1.29, 1.82) is 5.26 Å². The second kappa shape index (κ2) is 6.84. The van der Waals surface area contributed by atoms with Crippen LogP contribution in [0.1, 0.15) is 37.3 Å². The number of aliphatic carboxylic acids is 1. The van der Waals surface area contributed by atoms with Crippen LogP contribution in [0.25, 0.3) is 0 Å². The van der Waals surface area contributed by atoms with Crippen LogP contribution in [0, 0.1) is 17.2 Å². The monoisotopic (exact) mass is 318 g/mol. The molecule has 22 heavy (non-hydrogen) atoms. The van der Waals surface area contributed by atoms with Gasteiger partial charge in [0.1, 0.15) is 22.4 Å². The molecule has 0 fully saturated rings. The number of benzene rings is 1. The Morgan fingerprint density at radius 2 is 2.27 bits per heavy atom. The van der Waals surface area contributed by atoms with E-state index >= 15 is 0 Å². The van der Waals surface area contributed by atoms with Crippen LogP contribution in [0.5, 0.6) is 5.75 Å². The minimum atomic E-state index is -0.883. The number of rotatable bonds is 5. The Bertz CT molecular complexity index is 649. The van der Waals surface area contributed by atoms with Crippen molar-refractivity contribution in [2.45, 2.75) is 31.4 Å². The highest BCUT2D eigenvalue weighted by Crippen LogP contribution is 2.41. The van der Waals surface area contributed by atoms with Crippen molar-refractivity contribution in [3.63, 3.8) is 0 Å². The number of ether oxygens (including phenoxy) is 1. The molecular formula is C16H18N2O3S. The maximum atomic E-state index is 11.1. The average molecular weight is 318 g/mol. The van der Waals surface area contributed by atoms with Crippen LogP contribution in [0.2, 0.25) is 0 Å². The van der Waals surface area contributed by atoms with E-state index in [-0.39, 0.29) is 5.37 Å². The Hall–Kier alpha value is -2.00. The normalized spacial score (nSPS) is 20.6. The van der Waals surface area contributed by atoms with Crippen LogP contribution >= 0.6 is 11.8 Å². The smallest absolute Gasteiger partial charge is 0.322 e. The Kier molecular flexibility index (Phi) is 5.09. The minimum absolute atomic E-state index is 0.285. The zero-order valence-electron chi connectivity index (χ0n) is 12.7. The van der Waals surface area contributed by atoms with Gasteiger partial charge in [-0.1, -0.05) is 19.9 Å². The lowest BCUT2D eigenvalue weighted by molar-refractivity contribution is -0.135. The number of thioether (sulfide) groups is 1. The molecule has 0 spiro atoms. The van der Waals surface area contributed by atoms with E-state index in [9.17, 15) is 10.1 Å². The number of hydrogen-bond donors (Lipinski definition) is 1. The van der Waals surface area contributed by atoms with E-state index in [0.29, 0.717) is 29.5 Å². The molecule has 6 heteroatoms. The topological polar surface area (TPSA) is 82.7 Å². The molecule has 0 bridgehead atoms. The molecule has 0 saturated heterocycles. The molecule has 1 aromatic rings. The van der Waals surface area contributed by atoms with E-state index in [0.717, 1.165) is 5.56 Å². The first kappa shape index (κ1) is 16.4. The molecule has 0 aromatic heterocycles. The van der Waals surface area contributed by atoms with Crippen molar-refractivity contribution in [2.24, 2.45) is 10.9 Å². The van der Waals surface area contributed by atoms with Gasteiger partial charge < -0.3 is 9.84 Å². The fourth-order valence-corrected chi connectivity index (χ4v) is 3.23. The highest BCUT2D eigenvalue weighted by atomic mass is 32.2. The zero-order chi connectivity index (χ0) is 16.3. The summed E-state index contributed by atoms with van der Waals surface area (Å²) < 4.78 is 5.63. The van der Waals surface area contributed by atoms with Crippen LogP contribution in [-0.4, -0.2) is 28.6 Å². The summed E-state index contributed by atoms with van der Waals surface area (Å²) in [5.74, 6) is 0.0461. The summed E-state index contributed by atoms with van der Waals surface area (Å²) in [4.78, 5) is 15.5. The summed E-state index contributed by atoms with van der Waals surface area (Å²) in [5.41, 5.74) is 1.87. The van der Waals surface area contributed by atoms with E-state index in [1.165, 1.54) is 11.8 Å². The third-order valence-electron chi connectivity index (χ3n) is 3.17. The molecule has 116 valence electrons. The molecule has 0 radical (unpaired) electrons. The van der Waals surface area contributed by atoms with E-state index in [2.05, 4.69) is 11.1 Å². The first-order valence-corrected chi connectivity index (χ1v) is 7.96. The summed E-state index contributed by atoms with van der Waals surface area (Å²) >= 11 is 1.27. The standard InChI is InChI=1S/C16H18N2O3S/c1-9(2)8-21-13-5-4-11(6-12(13)7-17)15-18-10(3)14(22-15)16(19)20/h4-6,9,14-15H,8H2,1-3H3,(H,19,20). The van der Waals surface area contributed by atoms with Crippen LogP contribution < -0.4 is 4.74 Å². The molecule has 2 rings (SSSR count). The first-order chi connectivity index (χ1) is 10.4. The van der Waals surface area contributed by atoms with E-state index in [1.807, 2.05) is 19.9 Å². The average Bonchev–Trinajstić information content (AvgIpc) is 2.87. The summed E-state index contributed by atoms with van der Waals surface area (Å²) in [6.07, 6.45) is 0. The van der Waals surface area contributed by atoms with Gasteiger partial charge in [-0.05, 0) is 30.5 Å². The zero-order valence-corrected chi connectivity index (χ0v) is 13.6. The molecular weight excluding hydrogens is 300 g/mol. The second-order valence-electron chi connectivity index (χ2n) is 5.55. The van der Waals surface area contributed by atoms with Crippen LogP contribution in [0.4, 0.5) is 0 Å². The van der Waals surface area contributed by atoms with Gasteiger partial charge in [0, 0.05) is 5.71 Å². The van der Waals surface area contributed by atoms with Gasteiger partial charge in [-0.25, -0.2) is 0 Å². The van der Waals surface area contributed by atoms with Gasteiger partial charge in [0.25, 0.3) is 0 Å². The predicted octanol–water partition coefficient (Wildman–Crippen LogP) is 3.25. The summed E-state index contributed by atoms with van der Waals surface area (Å²) in [6, 6.07) is 7.46. The number of aliphatic imine (C=N–C) groups is 1. The van der Waals surface area contributed by atoms with Crippen molar-refractivity contribution < 1.29 is 14.6 Å². The lowest BCUT2D eigenvalue weighted by atomic mass is 10.1. The van der Waals surface area contributed by atoms with Gasteiger partial charge in [0.15, 0.2) is 0 Å². The van der Waals surface area contributed by atoms with Gasteiger partial charge in [0.2, 0.25) is 0 Å². The van der Waals surface area contributed by atoms with Crippen molar-refractivity contribution in [3.05, 3.63) is 29.3 Å². The van der Waals surface area contributed by atoms with Gasteiger partial charge in [-0.2, -0.15) is 5.26 Å². The molecule has 2 unspecified atom stereocenters. The predicted molar refractivity (Wildman–Crippen MR) is 86.4 cm³/mol. The fourth-order valence-electron chi connectivity index (χ4n) is 2.07. The number of carboxylic acid groups (broad SMARTS) is 1. The van der Waals surface area contributed by atoms with Crippen molar-refractivity contribution in [3.8, 4) is 11.8 Å². The van der Waals surface area contributed by atoms with Gasteiger partial charge in [0.05, 0.1) is 12.2 Å². The number of nitriles is 1. The number of carboxylic acids is 1. The Morgan fingerprint density at radius 1 is 1.55 bits per heavy atom. The van der Waals surface area contributed by atoms with Gasteiger partial charge in [-0.15, -0.1) is 11.8 Å². The van der Waals surface area contributed by atoms with Crippen molar-refractivity contribution in [2.75, 3.05) is 6.61 Å². The third-order valence-corrected chi connectivity index (χ3v) is 4.62. The molecule has 1 heterocycles. The molecule has 1 aliphatic rings. The lowest BCUT2D eigenvalue weighted by Crippen LogP contribution is -2.20. The highest BCUT2D eigenvalue weighted by molar-refractivity contribution is 8.01. The van der Waals surface area contributed by atoms with E-state index in [1.54, 1.807) is 19.1 Å². The molecule has 1 aromatic carbocycles. The molecule has 5 nitrogen and oxygen atoms in total. The van der Waals surface area contributed by atoms with Crippen molar-refractivity contribution >= 4 is 23.4 Å². The van der Waals surface area contributed by atoms with Crippen LogP contribution in [0.15, 0.2) is 23.2 Å². The largest absolute Gasteiger partial charge is 0.492 e. The third kappa shape index (κ3) is 3.60. The number of hydrogen-bond acceptors (Lipinski definition) is 5. The van der Waals surface area contributed by atoms with E-state index < -0.39 is 11.2 Å². The first-order valence-electron chi connectivity index (χ1n) is 7.01. The quantitative estimate of drug-likeness (QED) is 0.901. The Labute approximate surface area is 134 Å². The molecule has 0 amide bonds. The molecule has 2 atom stereocenters. The number of nitrogens with zero attached hydrogens (tertiary/aromatic N) is 2. The molecule has 0 saturated carbocycles. The van der Waals surface area contributed by atoms with Crippen molar-refractivity contribution in [1.82, 2.24) is 0 Å². The Balaban J connectivity index is 2.21. The van der Waals surface area contributed by atoms with Gasteiger partial charge >= 0.3 is 5.97 Å². The van der Waals surface area contributed by atoms with E-state index in [4.69, 9.17) is 9.84 Å². The lowest BCUT2D eigenvalue weighted by Gasteiger charge is -2.13. The van der Waals surface area contributed by atoms with Gasteiger partial charge in [-0.3, -0.25) is 9.79 Å². The molecule has 0 aliphatic carbocycles. The second-order valence-corrected chi connectivity index (χ2v) is 6.74. The maximum Gasteiger partial charge on any atom is 0.322 e. The maximum absolute atomic E-state index is 11.1. The minimum Gasteiger partial charge on any atom is -0.492 e. The van der Waals surface area contributed by atoms with Crippen LogP contribution in [0.3, 0.4) is 0 Å². The summed E-state index contributed by atoms with van der Waals surface area (Å²) in [6.45, 7) is 6.35. The summed E-state index contributed by atoms with van der Waals surface area (Å²) in [5, 5.41) is 17.5. The SMILES string of the molecule is CC1=NC(c2ccc(OCC(C)C)c(C#N)c2)SC1C(=O)O. The Morgan fingerprint density at radius 3 is 2.82 bits per heavy atom. The fraction of sp³-hybridized carbons (Fsp3) is 0.438.